The zero-order chi connectivity index (χ0) is 26.2. The fraction of sp³-hybridized carbons (Fsp3) is 0.345. The number of Topliss-reactive ketones (excluding diaryl/α,β-unsaturated/α-hetero) is 1. The summed E-state index contributed by atoms with van der Waals surface area (Å²) in [5, 5.41) is 3.64. The van der Waals surface area contributed by atoms with Crippen LogP contribution >= 0.6 is 10.8 Å². The molecule has 38 heavy (non-hydrogen) atoms. The third-order valence-electron chi connectivity index (χ3n) is 7.32. The van der Waals surface area contributed by atoms with Gasteiger partial charge in [-0.3, -0.25) is 19.4 Å². The molecule has 6 rings (SSSR count). The van der Waals surface area contributed by atoms with Crippen LogP contribution in [0.5, 0.6) is 0 Å². The van der Waals surface area contributed by atoms with Crippen molar-refractivity contribution in [2.24, 2.45) is 0 Å². The minimum atomic E-state index is -1.22. The van der Waals surface area contributed by atoms with E-state index in [1.54, 1.807) is 13.1 Å². The number of carbonyl (C=O) groups is 3. The largest absolute Gasteiger partial charge is 0.425 e. The van der Waals surface area contributed by atoms with E-state index in [0.717, 1.165) is 30.6 Å². The summed E-state index contributed by atoms with van der Waals surface area (Å²) in [5.74, 6) is -0.808. The Morgan fingerprint density at radius 3 is 2.74 bits per heavy atom. The first kappa shape index (κ1) is 24.8. The highest BCUT2D eigenvalue weighted by atomic mass is 32.2. The number of hydrogen-bond donors (Lipinski definition) is 1. The van der Waals surface area contributed by atoms with Crippen molar-refractivity contribution in [1.82, 2.24) is 15.2 Å². The SMILES string of the molecule is CC1=C2OC(=O)CCC(=O)OS1=C1C(=O)Cc3cccnc3C(N3CCN[C@@H](CCc4ccccc4)C3)=C21. The second-order valence-electron chi connectivity index (χ2n) is 9.87. The lowest BCUT2D eigenvalue weighted by molar-refractivity contribution is -0.142. The number of hydrogen-bond acceptors (Lipinski definition) is 8. The minimum absolute atomic E-state index is 0.0667. The van der Waals surface area contributed by atoms with Crippen LogP contribution in [-0.4, -0.2) is 58.1 Å². The molecule has 0 radical (unpaired) electrons. The monoisotopic (exact) mass is 531 g/mol. The van der Waals surface area contributed by atoms with Crippen LogP contribution in [0, 0.1) is 0 Å². The number of nitrogens with one attached hydrogen (secondary N) is 1. The number of pyridine rings is 1. The molecule has 2 atom stereocenters. The minimum Gasteiger partial charge on any atom is -0.425 e. The van der Waals surface area contributed by atoms with Crippen LogP contribution in [0.1, 0.15) is 43.0 Å². The van der Waals surface area contributed by atoms with Gasteiger partial charge < -0.3 is 19.1 Å². The van der Waals surface area contributed by atoms with Gasteiger partial charge in [0.25, 0.3) is 0 Å². The van der Waals surface area contributed by atoms with Crippen LogP contribution in [0.15, 0.2) is 64.9 Å². The molecule has 2 aromatic rings. The van der Waals surface area contributed by atoms with E-state index in [1.807, 2.05) is 18.2 Å². The van der Waals surface area contributed by atoms with E-state index in [0.29, 0.717) is 39.9 Å². The van der Waals surface area contributed by atoms with Gasteiger partial charge in [0.1, 0.15) is 0 Å². The van der Waals surface area contributed by atoms with Gasteiger partial charge in [0.05, 0.1) is 39.6 Å². The molecule has 9 heteroatoms. The average Bonchev–Trinajstić information content (AvgIpc) is 3.12. The van der Waals surface area contributed by atoms with Gasteiger partial charge in [0.15, 0.2) is 11.5 Å². The highest BCUT2D eigenvalue weighted by molar-refractivity contribution is 8.17. The second kappa shape index (κ2) is 10.3. The summed E-state index contributed by atoms with van der Waals surface area (Å²) < 4.78 is 11.7. The average molecular weight is 532 g/mol. The van der Waals surface area contributed by atoms with Crippen LogP contribution in [0.25, 0.3) is 5.70 Å². The fourth-order valence-electron chi connectivity index (χ4n) is 5.48. The molecular weight excluding hydrogens is 502 g/mol. The molecule has 1 aromatic heterocycles. The van der Waals surface area contributed by atoms with E-state index in [-0.39, 0.29) is 31.1 Å². The van der Waals surface area contributed by atoms with Crippen molar-refractivity contribution < 1.29 is 23.3 Å². The lowest BCUT2D eigenvalue weighted by Crippen LogP contribution is -2.50. The van der Waals surface area contributed by atoms with Crippen molar-refractivity contribution in [2.75, 3.05) is 19.6 Å². The Kier molecular flexibility index (Phi) is 6.71. The van der Waals surface area contributed by atoms with Gasteiger partial charge in [-0.1, -0.05) is 36.4 Å². The number of aryl methyl sites for hydroxylation is 1. The first-order valence-electron chi connectivity index (χ1n) is 13.0. The van der Waals surface area contributed by atoms with Crippen LogP contribution in [0.3, 0.4) is 0 Å². The third-order valence-corrected chi connectivity index (χ3v) is 9.21. The molecule has 3 aliphatic heterocycles. The summed E-state index contributed by atoms with van der Waals surface area (Å²) in [4.78, 5) is 47.0. The number of carbonyl (C=O) groups excluding carboxylic acids is 3. The van der Waals surface area contributed by atoms with E-state index < -0.39 is 22.7 Å². The van der Waals surface area contributed by atoms with E-state index in [2.05, 4.69) is 34.5 Å². The molecule has 0 spiro atoms. The van der Waals surface area contributed by atoms with Crippen LogP contribution in [-0.2, 0) is 36.1 Å². The van der Waals surface area contributed by atoms with Crippen molar-refractivity contribution >= 4 is 39.0 Å². The first-order chi connectivity index (χ1) is 18.5. The number of aromatic nitrogens is 1. The van der Waals surface area contributed by atoms with Crippen molar-refractivity contribution in [1.29, 1.82) is 0 Å². The summed E-state index contributed by atoms with van der Waals surface area (Å²) >= 11 is 0. The lowest BCUT2D eigenvalue weighted by Gasteiger charge is -2.37. The van der Waals surface area contributed by atoms with Crippen molar-refractivity contribution in [2.45, 2.75) is 45.1 Å². The quantitative estimate of drug-likeness (QED) is 0.474. The number of fused-ring (bicyclic) bond motifs is 4. The van der Waals surface area contributed by atoms with Gasteiger partial charge in [0, 0.05) is 49.1 Å². The molecule has 2 bridgehead atoms. The zero-order valence-electron chi connectivity index (χ0n) is 21.2. The standard InChI is InChI=1S/C29H29N3O5S/c1-18-28-25-27(32-15-14-30-21(17-32)10-9-19-6-3-2-4-7-19)26-20(8-5-13-31-26)16-22(33)29(25)38(18)37-24(35)12-11-23(34)36-28/h2-8,13,21,30H,9-12,14-17H2,1H3/t21-,38?/m0/s1. The highest BCUT2D eigenvalue weighted by Gasteiger charge is 2.43. The number of benzene rings is 1. The highest BCUT2D eigenvalue weighted by Crippen LogP contribution is 2.48. The molecule has 1 unspecified atom stereocenters. The molecule has 4 heterocycles. The molecule has 196 valence electrons. The van der Waals surface area contributed by atoms with Gasteiger partial charge in [-0.2, -0.15) is 0 Å². The Hall–Kier alpha value is -3.56. The van der Waals surface area contributed by atoms with Crippen LogP contribution in [0.4, 0.5) is 0 Å². The molecule has 0 amide bonds. The number of nitrogens with zero attached hydrogens (tertiary/aromatic N) is 2. The van der Waals surface area contributed by atoms with Crippen LogP contribution in [0.2, 0.25) is 0 Å². The molecule has 0 saturated carbocycles. The first-order valence-corrected chi connectivity index (χ1v) is 14.1. The number of piperazine rings is 1. The lowest BCUT2D eigenvalue weighted by atomic mass is 10.00. The topological polar surface area (TPSA) is 97.8 Å². The summed E-state index contributed by atoms with van der Waals surface area (Å²) in [6, 6.07) is 14.4. The predicted octanol–water partition coefficient (Wildman–Crippen LogP) is 3.31. The van der Waals surface area contributed by atoms with Gasteiger partial charge in [-0.25, -0.2) is 0 Å². The molecule has 1 N–H and O–H groups in total. The number of ether oxygens (including phenoxy) is 1. The molecule has 1 aromatic carbocycles. The normalized spacial score (nSPS) is 23.7. The van der Waals surface area contributed by atoms with Gasteiger partial charge in [0.2, 0.25) is 0 Å². The molecular formula is C29H29N3O5S. The number of esters is 1. The van der Waals surface area contributed by atoms with Gasteiger partial charge >= 0.3 is 11.9 Å². The maximum Gasteiger partial charge on any atom is 0.318 e. The van der Waals surface area contributed by atoms with Crippen molar-refractivity contribution in [3.63, 3.8) is 0 Å². The Labute approximate surface area is 223 Å². The number of ketones is 1. The Balaban J connectivity index is 1.46. The van der Waals surface area contributed by atoms with Gasteiger partial charge in [-0.15, -0.1) is 0 Å². The molecule has 1 saturated heterocycles. The molecule has 8 nitrogen and oxygen atoms in total. The maximum atomic E-state index is 13.7. The van der Waals surface area contributed by atoms with Crippen molar-refractivity contribution in [3.05, 3.63) is 81.7 Å². The van der Waals surface area contributed by atoms with Gasteiger partial charge in [-0.05, 0) is 37.0 Å². The predicted molar refractivity (Wildman–Crippen MR) is 145 cm³/mol. The van der Waals surface area contributed by atoms with E-state index in [1.165, 1.54) is 5.56 Å². The Morgan fingerprint density at radius 1 is 1.08 bits per heavy atom. The Bertz CT molecular complexity index is 1430. The fourth-order valence-corrected chi connectivity index (χ4v) is 7.23. The molecule has 4 aliphatic rings. The van der Waals surface area contributed by atoms with Crippen molar-refractivity contribution in [3.8, 4) is 0 Å². The summed E-state index contributed by atoms with van der Waals surface area (Å²) in [6.07, 6.45) is 3.63. The maximum absolute atomic E-state index is 13.7. The van der Waals surface area contributed by atoms with E-state index >= 15 is 0 Å². The second-order valence-corrected chi connectivity index (χ2v) is 11.6. The Morgan fingerprint density at radius 2 is 1.89 bits per heavy atom. The smallest absolute Gasteiger partial charge is 0.318 e. The van der Waals surface area contributed by atoms with E-state index in [4.69, 9.17) is 13.9 Å². The van der Waals surface area contributed by atoms with E-state index in [9.17, 15) is 14.4 Å². The summed E-state index contributed by atoms with van der Waals surface area (Å²) in [7, 11) is -1.22. The number of rotatable bonds is 4. The summed E-state index contributed by atoms with van der Waals surface area (Å²) in [6.45, 7) is 3.95. The molecule has 1 fully saturated rings. The summed E-state index contributed by atoms with van der Waals surface area (Å²) in [5.41, 5.74) is 4.15. The third kappa shape index (κ3) is 4.61. The zero-order valence-corrected chi connectivity index (χ0v) is 22.0. The van der Waals surface area contributed by atoms with Crippen LogP contribution < -0.4 is 5.32 Å². The molecule has 1 aliphatic carbocycles. The number of allylic oxidation sites excluding steroid dienone is 2.